The highest BCUT2D eigenvalue weighted by atomic mass is 16.7. The number of ether oxygens (including phenoxy) is 5. The van der Waals surface area contributed by atoms with Crippen molar-refractivity contribution in [1.82, 2.24) is 9.97 Å². The van der Waals surface area contributed by atoms with Crippen LogP contribution < -0.4 is 9.47 Å². The molecule has 10 heteroatoms. The summed E-state index contributed by atoms with van der Waals surface area (Å²) < 4.78 is 26.7. The molecular weight excluding hydrogens is 384 g/mol. The molecule has 0 spiro atoms. The second-order valence-electron chi connectivity index (χ2n) is 5.65. The van der Waals surface area contributed by atoms with Gasteiger partial charge in [-0.1, -0.05) is 0 Å². The van der Waals surface area contributed by atoms with E-state index in [1.54, 1.807) is 18.3 Å². The fourth-order valence-corrected chi connectivity index (χ4v) is 2.36. The molecule has 29 heavy (non-hydrogen) atoms. The molecule has 0 aliphatic carbocycles. The number of hydrogen-bond donors (Lipinski definition) is 2. The summed E-state index contributed by atoms with van der Waals surface area (Å²) in [5.74, 6) is 0.156. The van der Waals surface area contributed by atoms with Crippen molar-refractivity contribution in [3.05, 3.63) is 47.4 Å². The van der Waals surface area contributed by atoms with Gasteiger partial charge in [-0.15, -0.1) is 0 Å². The Hall–Kier alpha value is -2.79. The Bertz CT molecular complexity index is 779. The molecule has 0 unspecified atom stereocenters. The Labute approximate surface area is 168 Å². The van der Waals surface area contributed by atoms with Gasteiger partial charge in [0.05, 0.1) is 58.0 Å². The second kappa shape index (κ2) is 11.9. The maximum Gasteiger partial charge on any atom is 0.339 e. The minimum absolute atomic E-state index is 0.0191. The van der Waals surface area contributed by atoms with E-state index in [0.29, 0.717) is 28.3 Å². The Balaban J connectivity index is 2.24. The minimum atomic E-state index is -0.916. The predicted octanol–water partition coefficient (Wildman–Crippen LogP) is 0.867. The number of rotatable bonds is 12. The van der Waals surface area contributed by atoms with Crippen molar-refractivity contribution in [1.29, 1.82) is 0 Å². The summed E-state index contributed by atoms with van der Waals surface area (Å²) in [5, 5.41) is 18.1. The Morgan fingerprint density at radius 1 is 1.07 bits per heavy atom. The highest BCUT2D eigenvalue weighted by molar-refractivity contribution is 5.89. The molecule has 0 radical (unpaired) electrons. The van der Waals surface area contributed by atoms with Crippen LogP contribution in [0, 0.1) is 0 Å². The first-order valence-electron chi connectivity index (χ1n) is 8.76. The molecule has 2 N–H and O–H groups in total. The van der Waals surface area contributed by atoms with Gasteiger partial charge in [0.15, 0.2) is 6.29 Å². The lowest BCUT2D eigenvalue weighted by Gasteiger charge is -2.21. The number of carbonyl (C=O) groups is 1. The quantitative estimate of drug-likeness (QED) is 0.385. The smallest absolute Gasteiger partial charge is 0.339 e. The Morgan fingerprint density at radius 2 is 1.79 bits per heavy atom. The molecule has 158 valence electrons. The molecule has 2 aromatic rings. The van der Waals surface area contributed by atoms with Crippen LogP contribution in [-0.4, -0.2) is 66.8 Å². The molecule has 0 aliphatic rings. The molecule has 2 heterocycles. The van der Waals surface area contributed by atoms with Crippen LogP contribution in [0.5, 0.6) is 11.6 Å². The fraction of sp³-hybridized carbons (Fsp3) is 0.421. The van der Waals surface area contributed by atoms with Gasteiger partial charge < -0.3 is 33.9 Å². The summed E-state index contributed by atoms with van der Waals surface area (Å²) in [4.78, 5) is 19.8. The fourth-order valence-electron chi connectivity index (χ4n) is 2.36. The van der Waals surface area contributed by atoms with Crippen molar-refractivity contribution in [2.75, 3.05) is 40.6 Å². The third-order valence-corrected chi connectivity index (χ3v) is 3.67. The van der Waals surface area contributed by atoms with Gasteiger partial charge in [0.1, 0.15) is 12.4 Å². The van der Waals surface area contributed by atoms with E-state index in [1.807, 2.05) is 0 Å². The average molecular weight is 408 g/mol. The van der Waals surface area contributed by atoms with E-state index in [-0.39, 0.29) is 33.0 Å². The van der Waals surface area contributed by atoms with Crippen molar-refractivity contribution in [3.63, 3.8) is 0 Å². The number of pyridine rings is 2. The lowest BCUT2D eigenvalue weighted by molar-refractivity contribution is -0.157. The third kappa shape index (κ3) is 6.64. The first kappa shape index (κ1) is 22.5. The average Bonchev–Trinajstić information content (AvgIpc) is 2.77. The topological polar surface area (TPSA) is 129 Å². The van der Waals surface area contributed by atoms with E-state index < -0.39 is 12.3 Å². The highest BCUT2D eigenvalue weighted by Crippen LogP contribution is 2.31. The van der Waals surface area contributed by atoms with E-state index in [1.165, 1.54) is 26.6 Å². The van der Waals surface area contributed by atoms with Crippen LogP contribution in [-0.2, 0) is 20.8 Å². The van der Waals surface area contributed by atoms with E-state index in [4.69, 9.17) is 29.2 Å². The monoisotopic (exact) mass is 408 g/mol. The van der Waals surface area contributed by atoms with Crippen molar-refractivity contribution in [2.45, 2.75) is 12.9 Å². The molecular formula is C19H24N2O8. The van der Waals surface area contributed by atoms with E-state index in [0.717, 1.165) is 0 Å². The molecule has 0 aromatic carbocycles. The molecule has 2 rings (SSSR count). The van der Waals surface area contributed by atoms with Gasteiger partial charge in [0.2, 0.25) is 5.88 Å². The van der Waals surface area contributed by atoms with Crippen LogP contribution in [0.1, 0.15) is 27.8 Å². The van der Waals surface area contributed by atoms with E-state index in [2.05, 4.69) is 14.7 Å². The van der Waals surface area contributed by atoms with Crippen molar-refractivity contribution in [2.24, 2.45) is 0 Å². The number of methoxy groups -OCH3 is 2. The van der Waals surface area contributed by atoms with E-state index >= 15 is 0 Å². The number of esters is 1. The van der Waals surface area contributed by atoms with Gasteiger partial charge in [0, 0.05) is 24.0 Å². The molecule has 0 saturated heterocycles. The molecule has 2 aromatic heterocycles. The molecule has 0 amide bonds. The lowest BCUT2D eigenvalue weighted by Crippen LogP contribution is -2.15. The number of hydrogen-bond acceptors (Lipinski definition) is 10. The van der Waals surface area contributed by atoms with E-state index in [9.17, 15) is 4.79 Å². The number of aliphatic hydroxyl groups excluding tert-OH is 2. The summed E-state index contributed by atoms with van der Waals surface area (Å²) in [6, 6.07) is 3.19. The van der Waals surface area contributed by atoms with Crippen LogP contribution in [0.2, 0.25) is 0 Å². The van der Waals surface area contributed by atoms with Crippen LogP contribution in [0.25, 0.3) is 0 Å². The summed E-state index contributed by atoms with van der Waals surface area (Å²) in [6.45, 7) is -0.283. The third-order valence-electron chi connectivity index (χ3n) is 3.67. The normalized spacial score (nSPS) is 10.8. The SMILES string of the molecule is COC(=O)c1cncc(COc2cnc(OC)cc2C(OCCO)OCCO)c1. The van der Waals surface area contributed by atoms with Crippen LogP contribution in [0.15, 0.2) is 30.7 Å². The maximum absolute atomic E-state index is 11.7. The van der Waals surface area contributed by atoms with Gasteiger partial charge in [-0.2, -0.15) is 0 Å². The molecule has 0 bridgehead atoms. The maximum atomic E-state index is 11.7. The molecule has 0 atom stereocenters. The van der Waals surface area contributed by atoms with Gasteiger partial charge >= 0.3 is 5.97 Å². The number of aliphatic hydroxyl groups is 2. The van der Waals surface area contributed by atoms with Gasteiger partial charge in [-0.3, -0.25) is 4.98 Å². The first-order valence-corrected chi connectivity index (χ1v) is 8.76. The Morgan fingerprint density at radius 3 is 2.41 bits per heavy atom. The Kier molecular flexibility index (Phi) is 9.25. The summed E-state index contributed by atoms with van der Waals surface area (Å²) in [7, 11) is 2.76. The number of carbonyl (C=O) groups excluding carboxylic acids is 1. The zero-order valence-corrected chi connectivity index (χ0v) is 16.2. The lowest BCUT2D eigenvalue weighted by atomic mass is 10.2. The van der Waals surface area contributed by atoms with Crippen LogP contribution >= 0.6 is 0 Å². The zero-order chi connectivity index (χ0) is 21.1. The summed E-state index contributed by atoms with van der Waals surface area (Å²) in [5.41, 5.74) is 1.41. The number of aromatic nitrogens is 2. The second-order valence-corrected chi connectivity index (χ2v) is 5.65. The van der Waals surface area contributed by atoms with Gasteiger partial charge in [-0.05, 0) is 6.07 Å². The van der Waals surface area contributed by atoms with Crippen LogP contribution in [0.4, 0.5) is 0 Å². The summed E-state index contributed by atoms with van der Waals surface area (Å²) >= 11 is 0. The molecule has 0 aliphatic heterocycles. The molecule has 10 nitrogen and oxygen atoms in total. The van der Waals surface area contributed by atoms with Gasteiger partial charge in [-0.25, -0.2) is 9.78 Å². The molecule has 0 saturated carbocycles. The predicted molar refractivity (Wildman–Crippen MR) is 99.5 cm³/mol. The van der Waals surface area contributed by atoms with Crippen molar-refractivity contribution < 1.29 is 38.7 Å². The van der Waals surface area contributed by atoms with Crippen LogP contribution in [0.3, 0.4) is 0 Å². The summed E-state index contributed by atoms with van der Waals surface area (Å²) in [6.07, 6.45) is 3.49. The number of nitrogens with zero attached hydrogens (tertiary/aromatic N) is 2. The van der Waals surface area contributed by atoms with Crippen molar-refractivity contribution >= 4 is 5.97 Å². The molecule has 0 fully saturated rings. The first-order chi connectivity index (χ1) is 14.1. The van der Waals surface area contributed by atoms with Crippen molar-refractivity contribution in [3.8, 4) is 11.6 Å². The standard InChI is InChI=1S/C19H24N2O8/c1-25-17-8-15(19(27-5-3-22)28-6-4-23)16(11-21-17)29-12-13-7-14(10-20-9-13)18(24)26-2/h7-11,19,22-23H,3-6,12H2,1-2H3. The minimum Gasteiger partial charge on any atom is -0.487 e. The van der Waals surface area contributed by atoms with Gasteiger partial charge in [0.25, 0.3) is 0 Å². The highest BCUT2D eigenvalue weighted by Gasteiger charge is 2.20. The zero-order valence-electron chi connectivity index (χ0n) is 16.2. The largest absolute Gasteiger partial charge is 0.487 e.